The van der Waals surface area contributed by atoms with Crippen molar-refractivity contribution < 1.29 is 4.74 Å². The molecular formula is C15H12Cl4O. The largest absolute Gasteiger partial charge is 0.495 e. The summed E-state index contributed by atoms with van der Waals surface area (Å²) in [5.41, 5.74) is 1.82. The van der Waals surface area contributed by atoms with Crippen LogP contribution in [0.2, 0.25) is 15.1 Å². The number of alkyl halides is 1. The fourth-order valence-corrected chi connectivity index (χ4v) is 3.08. The maximum atomic E-state index is 6.44. The number of hydrogen-bond donors (Lipinski definition) is 0. The van der Waals surface area contributed by atoms with Crippen LogP contribution in [-0.4, -0.2) is 7.11 Å². The summed E-state index contributed by atoms with van der Waals surface area (Å²) in [5.74, 6) is 0.534. The van der Waals surface area contributed by atoms with Gasteiger partial charge in [0.2, 0.25) is 0 Å². The summed E-state index contributed by atoms with van der Waals surface area (Å²) in [6, 6.07) is 11.0. The Balaban J connectivity index is 2.25. The number of halogens is 4. The molecule has 5 heteroatoms. The smallest absolute Gasteiger partial charge is 0.138 e. The highest BCUT2D eigenvalue weighted by Crippen LogP contribution is 2.37. The number of methoxy groups -OCH3 is 1. The highest BCUT2D eigenvalue weighted by Gasteiger charge is 2.16. The van der Waals surface area contributed by atoms with E-state index in [-0.39, 0.29) is 5.38 Å². The van der Waals surface area contributed by atoms with Gasteiger partial charge in [-0.1, -0.05) is 46.9 Å². The maximum absolute atomic E-state index is 6.44. The van der Waals surface area contributed by atoms with Crippen LogP contribution in [0, 0.1) is 0 Å². The number of hydrogen-bond acceptors (Lipinski definition) is 1. The molecule has 20 heavy (non-hydrogen) atoms. The maximum Gasteiger partial charge on any atom is 0.138 e. The van der Waals surface area contributed by atoms with Gasteiger partial charge in [0.15, 0.2) is 0 Å². The van der Waals surface area contributed by atoms with Crippen molar-refractivity contribution in [3.8, 4) is 5.75 Å². The van der Waals surface area contributed by atoms with E-state index in [2.05, 4.69) is 0 Å². The monoisotopic (exact) mass is 348 g/mol. The first kappa shape index (κ1) is 15.8. The molecule has 0 saturated heterocycles. The summed E-state index contributed by atoms with van der Waals surface area (Å²) >= 11 is 24.7. The third-order valence-electron chi connectivity index (χ3n) is 2.91. The average molecular weight is 350 g/mol. The lowest BCUT2D eigenvalue weighted by Crippen LogP contribution is -1.98. The molecule has 0 fully saturated rings. The molecular weight excluding hydrogens is 338 g/mol. The molecule has 1 atom stereocenters. The van der Waals surface area contributed by atoms with Crippen molar-refractivity contribution in [3.63, 3.8) is 0 Å². The first-order chi connectivity index (χ1) is 9.51. The molecule has 0 heterocycles. The van der Waals surface area contributed by atoms with Crippen LogP contribution < -0.4 is 4.74 Å². The Labute approximate surface area is 138 Å². The SMILES string of the molecule is COc1cc(Cl)c(C(Cl)Cc2cccc(Cl)c2)cc1Cl. The van der Waals surface area contributed by atoms with E-state index >= 15 is 0 Å². The zero-order chi connectivity index (χ0) is 14.7. The second-order valence-corrected chi connectivity index (χ2v) is 6.09. The minimum absolute atomic E-state index is 0.288. The molecule has 2 aromatic carbocycles. The number of benzene rings is 2. The van der Waals surface area contributed by atoms with Gasteiger partial charge in [0.05, 0.1) is 17.5 Å². The molecule has 0 aliphatic rings. The van der Waals surface area contributed by atoms with E-state index in [1.54, 1.807) is 19.2 Å². The van der Waals surface area contributed by atoms with Gasteiger partial charge in [-0.15, -0.1) is 11.6 Å². The Bertz CT molecular complexity index is 613. The van der Waals surface area contributed by atoms with Crippen molar-refractivity contribution in [2.75, 3.05) is 7.11 Å². The lowest BCUT2D eigenvalue weighted by Gasteiger charge is -2.14. The highest BCUT2D eigenvalue weighted by molar-refractivity contribution is 6.35. The van der Waals surface area contributed by atoms with Crippen LogP contribution in [0.25, 0.3) is 0 Å². The van der Waals surface area contributed by atoms with Gasteiger partial charge in [-0.3, -0.25) is 0 Å². The quantitative estimate of drug-likeness (QED) is 0.599. The van der Waals surface area contributed by atoms with E-state index < -0.39 is 0 Å². The van der Waals surface area contributed by atoms with Crippen LogP contribution in [0.4, 0.5) is 0 Å². The zero-order valence-electron chi connectivity index (χ0n) is 10.7. The number of rotatable bonds is 4. The third-order valence-corrected chi connectivity index (χ3v) is 4.16. The summed E-state index contributed by atoms with van der Waals surface area (Å²) < 4.78 is 5.12. The lowest BCUT2D eigenvalue weighted by molar-refractivity contribution is 0.415. The van der Waals surface area contributed by atoms with Crippen molar-refractivity contribution in [1.29, 1.82) is 0 Å². The first-order valence-corrected chi connectivity index (χ1v) is 7.49. The molecule has 0 spiro atoms. The second-order valence-electron chi connectivity index (χ2n) is 4.31. The molecule has 0 aliphatic heterocycles. The van der Waals surface area contributed by atoms with E-state index in [1.165, 1.54) is 0 Å². The van der Waals surface area contributed by atoms with E-state index in [9.17, 15) is 0 Å². The molecule has 2 rings (SSSR count). The molecule has 0 saturated carbocycles. The van der Waals surface area contributed by atoms with Crippen molar-refractivity contribution >= 4 is 46.4 Å². The molecule has 0 N–H and O–H groups in total. The summed E-state index contributed by atoms with van der Waals surface area (Å²) in [5, 5.41) is 1.42. The summed E-state index contributed by atoms with van der Waals surface area (Å²) in [6.07, 6.45) is 0.616. The van der Waals surface area contributed by atoms with E-state index in [4.69, 9.17) is 51.1 Å². The second kappa shape index (κ2) is 6.91. The van der Waals surface area contributed by atoms with Crippen molar-refractivity contribution in [1.82, 2.24) is 0 Å². The Morgan fingerprint density at radius 1 is 1.05 bits per heavy atom. The van der Waals surface area contributed by atoms with Crippen molar-refractivity contribution in [3.05, 3.63) is 62.6 Å². The zero-order valence-corrected chi connectivity index (χ0v) is 13.7. The topological polar surface area (TPSA) is 9.23 Å². The molecule has 0 bridgehead atoms. The van der Waals surface area contributed by atoms with Gasteiger partial charge in [0.25, 0.3) is 0 Å². The van der Waals surface area contributed by atoms with Crippen LogP contribution in [0.5, 0.6) is 5.75 Å². The fourth-order valence-electron chi connectivity index (χ4n) is 1.92. The number of ether oxygens (including phenoxy) is 1. The summed E-state index contributed by atoms with van der Waals surface area (Å²) in [7, 11) is 1.54. The molecule has 0 amide bonds. The molecule has 2 aromatic rings. The Hall–Kier alpha value is -0.600. The Morgan fingerprint density at radius 2 is 1.80 bits per heavy atom. The van der Waals surface area contributed by atoms with Crippen LogP contribution in [-0.2, 0) is 6.42 Å². The lowest BCUT2D eigenvalue weighted by atomic mass is 10.0. The van der Waals surface area contributed by atoms with Crippen molar-refractivity contribution in [2.24, 2.45) is 0 Å². The molecule has 106 valence electrons. The average Bonchev–Trinajstić information content (AvgIpc) is 2.40. The van der Waals surface area contributed by atoms with Gasteiger partial charge >= 0.3 is 0 Å². The Morgan fingerprint density at radius 3 is 2.45 bits per heavy atom. The van der Waals surface area contributed by atoms with E-state index in [1.807, 2.05) is 24.3 Å². The Kier molecular flexibility index (Phi) is 5.45. The minimum atomic E-state index is -0.288. The molecule has 1 unspecified atom stereocenters. The fraction of sp³-hybridized carbons (Fsp3) is 0.200. The van der Waals surface area contributed by atoms with Crippen LogP contribution in [0.3, 0.4) is 0 Å². The van der Waals surface area contributed by atoms with E-state index in [0.717, 1.165) is 11.1 Å². The predicted octanol–water partition coefficient (Wildman–Crippen LogP) is 6.18. The third kappa shape index (κ3) is 3.73. The molecule has 0 radical (unpaired) electrons. The highest BCUT2D eigenvalue weighted by atomic mass is 35.5. The molecule has 0 aromatic heterocycles. The van der Waals surface area contributed by atoms with Gasteiger partial charge in [0.1, 0.15) is 5.75 Å². The van der Waals surface area contributed by atoms with Gasteiger partial charge < -0.3 is 4.74 Å². The predicted molar refractivity (Wildman–Crippen MR) is 86.8 cm³/mol. The van der Waals surface area contributed by atoms with Crippen molar-refractivity contribution in [2.45, 2.75) is 11.8 Å². The van der Waals surface area contributed by atoms with Gasteiger partial charge in [-0.25, -0.2) is 0 Å². The van der Waals surface area contributed by atoms with Gasteiger partial charge in [-0.05, 0) is 35.7 Å². The molecule has 1 nitrogen and oxygen atoms in total. The first-order valence-electron chi connectivity index (χ1n) is 5.92. The van der Waals surface area contributed by atoms with Gasteiger partial charge in [-0.2, -0.15) is 0 Å². The van der Waals surface area contributed by atoms with E-state index in [0.29, 0.717) is 27.2 Å². The standard InChI is InChI=1S/C15H12Cl4O/c1-20-15-8-13(18)11(7-14(15)19)12(17)6-9-3-2-4-10(16)5-9/h2-5,7-8,12H,6H2,1H3. The summed E-state index contributed by atoms with van der Waals surface area (Å²) in [4.78, 5) is 0. The minimum Gasteiger partial charge on any atom is -0.495 e. The normalized spacial score (nSPS) is 12.2. The summed E-state index contributed by atoms with van der Waals surface area (Å²) in [6.45, 7) is 0. The van der Waals surface area contributed by atoms with Gasteiger partial charge in [0, 0.05) is 16.1 Å². The van der Waals surface area contributed by atoms with Crippen LogP contribution in [0.1, 0.15) is 16.5 Å². The van der Waals surface area contributed by atoms with Crippen LogP contribution in [0.15, 0.2) is 36.4 Å². The molecule has 0 aliphatic carbocycles. The van der Waals surface area contributed by atoms with Crippen LogP contribution >= 0.6 is 46.4 Å².